The van der Waals surface area contributed by atoms with Crippen LogP contribution >= 0.6 is 12.4 Å². The number of ether oxygens (including phenoxy) is 1. The monoisotopic (exact) mass is 282 g/mol. The lowest BCUT2D eigenvalue weighted by molar-refractivity contribution is 0.426. The molecular weight excluding hydrogens is 267 g/mol. The van der Waals surface area contributed by atoms with E-state index >= 15 is 0 Å². The summed E-state index contributed by atoms with van der Waals surface area (Å²) in [4.78, 5) is 4.27. The molecule has 0 unspecified atom stereocenters. The molecule has 1 heterocycles. The van der Waals surface area contributed by atoms with Crippen LogP contribution in [0.15, 0.2) is 30.3 Å². The Labute approximate surface area is 118 Å². The quantitative estimate of drug-likeness (QED) is 0.937. The van der Waals surface area contributed by atoms with Crippen LogP contribution in [0.3, 0.4) is 0 Å². The molecule has 5 heteroatoms. The molecule has 2 aromatic rings. The number of nitrogens with zero attached hydrogens (tertiary/aromatic N) is 1. The highest BCUT2D eigenvalue weighted by Gasteiger charge is 2.08. The third kappa shape index (κ3) is 3.43. The Kier molecular flexibility index (Phi) is 5.27. The fourth-order valence-corrected chi connectivity index (χ4v) is 1.82. The molecule has 0 aliphatic rings. The van der Waals surface area contributed by atoms with Gasteiger partial charge in [-0.3, -0.25) is 0 Å². The van der Waals surface area contributed by atoms with E-state index in [4.69, 9.17) is 10.5 Å². The fraction of sp³-hybridized carbons (Fsp3) is 0.214. The molecule has 0 aliphatic heterocycles. The summed E-state index contributed by atoms with van der Waals surface area (Å²) >= 11 is 0. The minimum Gasteiger partial charge on any atom is -0.436 e. The van der Waals surface area contributed by atoms with E-state index in [0.29, 0.717) is 12.4 Å². The maximum Gasteiger partial charge on any atom is 0.219 e. The summed E-state index contributed by atoms with van der Waals surface area (Å²) in [6.45, 7) is 4.24. The van der Waals surface area contributed by atoms with Crippen molar-refractivity contribution in [2.45, 2.75) is 20.4 Å². The number of benzene rings is 1. The first-order valence-electron chi connectivity index (χ1n) is 5.71. The first-order valence-corrected chi connectivity index (χ1v) is 5.71. The van der Waals surface area contributed by atoms with Crippen molar-refractivity contribution in [3.05, 3.63) is 53.0 Å². The van der Waals surface area contributed by atoms with Crippen molar-refractivity contribution in [2.75, 3.05) is 0 Å². The van der Waals surface area contributed by atoms with E-state index in [0.717, 1.165) is 16.8 Å². The number of halogens is 2. The molecule has 1 aromatic carbocycles. The van der Waals surface area contributed by atoms with Crippen molar-refractivity contribution in [3.63, 3.8) is 0 Å². The van der Waals surface area contributed by atoms with Gasteiger partial charge in [0.25, 0.3) is 0 Å². The molecule has 2 N–H and O–H groups in total. The normalized spacial score (nSPS) is 9.89. The second-order valence-electron chi connectivity index (χ2n) is 4.08. The zero-order valence-corrected chi connectivity index (χ0v) is 11.6. The van der Waals surface area contributed by atoms with Crippen LogP contribution in [0.1, 0.15) is 16.8 Å². The lowest BCUT2D eigenvalue weighted by atomic mass is 10.1. The van der Waals surface area contributed by atoms with E-state index in [9.17, 15) is 4.39 Å². The second-order valence-corrected chi connectivity index (χ2v) is 4.08. The summed E-state index contributed by atoms with van der Waals surface area (Å²) in [6.07, 6.45) is 0. The third-order valence-corrected chi connectivity index (χ3v) is 2.79. The largest absolute Gasteiger partial charge is 0.436 e. The third-order valence-electron chi connectivity index (χ3n) is 2.79. The Morgan fingerprint density at radius 3 is 2.53 bits per heavy atom. The molecule has 0 atom stereocenters. The molecule has 1 aromatic heterocycles. The van der Waals surface area contributed by atoms with Gasteiger partial charge in [-0.05, 0) is 37.1 Å². The summed E-state index contributed by atoms with van der Waals surface area (Å²) in [6, 6.07) is 8.01. The van der Waals surface area contributed by atoms with Gasteiger partial charge in [0.05, 0.1) is 0 Å². The zero-order valence-electron chi connectivity index (χ0n) is 10.8. The number of pyridine rings is 1. The number of hydrogen-bond donors (Lipinski definition) is 1. The van der Waals surface area contributed by atoms with E-state index in [1.54, 1.807) is 24.3 Å². The van der Waals surface area contributed by atoms with Crippen molar-refractivity contribution in [3.8, 4) is 11.6 Å². The maximum atomic E-state index is 13.4. The molecule has 0 saturated heterocycles. The Morgan fingerprint density at radius 1 is 1.26 bits per heavy atom. The number of aryl methyl sites for hydroxylation is 2. The van der Waals surface area contributed by atoms with Gasteiger partial charge in [-0.2, -0.15) is 0 Å². The van der Waals surface area contributed by atoms with Gasteiger partial charge in [-0.1, -0.05) is 12.1 Å². The lowest BCUT2D eigenvalue weighted by Gasteiger charge is -2.11. The van der Waals surface area contributed by atoms with Gasteiger partial charge >= 0.3 is 0 Å². The van der Waals surface area contributed by atoms with Gasteiger partial charge in [0.1, 0.15) is 0 Å². The highest BCUT2D eigenvalue weighted by atomic mass is 35.5. The predicted molar refractivity (Wildman–Crippen MR) is 75.3 cm³/mol. The summed E-state index contributed by atoms with van der Waals surface area (Å²) in [5.41, 5.74) is 8.44. The number of nitrogens with two attached hydrogens (primary N) is 1. The molecule has 0 amide bonds. The highest BCUT2D eigenvalue weighted by Crippen LogP contribution is 2.25. The zero-order chi connectivity index (χ0) is 13.1. The number of hydrogen-bond acceptors (Lipinski definition) is 3. The number of aromatic nitrogens is 1. The Bertz CT molecular complexity index is 552. The van der Waals surface area contributed by atoms with E-state index in [1.807, 2.05) is 13.8 Å². The van der Waals surface area contributed by atoms with Crippen molar-refractivity contribution in [1.82, 2.24) is 4.98 Å². The molecule has 3 nitrogen and oxygen atoms in total. The molecule has 0 spiro atoms. The molecule has 2 rings (SSSR count). The van der Waals surface area contributed by atoms with Gasteiger partial charge in [0.15, 0.2) is 11.6 Å². The maximum absolute atomic E-state index is 13.4. The van der Waals surface area contributed by atoms with Crippen molar-refractivity contribution >= 4 is 12.4 Å². The van der Waals surface area contributed by atoms with Crippen LogP contribution in [0.5, 0.6) is 11.6 Å². The smallest absolute Gasteiger partial charge is 0.219 e. The van der Waals surface area contributed by atoms with E-state index in [1.165, 1.54) is 6.07 Å². The minimum absolute atomic E-state index is 0. The second kappa shape index (κ2) is 6.50. The Morgan fingerprint density at radius 2 is 1.95 bits per heavy atom. The minimum atomic E-state index is -0.405. The summed E-state index contributed by atoms with van der Waals surface area (Å²) in [5, 5.41) is 0. The molecule has 102 valence electrons. The molecule has 0 radical (unpaired) electrons. The van der Waals surface area contributed by atoms with Crippen molar-refractivity contribution < 1.29 is 9.13 Å². The average Bonchev–Trinajstić information content (AvgIpc) is 2.32. The summed E-state index contributed by atoms with van der Waals surface area (Å²) in [7, 11) is 0. The first kappa shape index (κ1) is 15.4. The topological polar surface area (TPSA) is 48.1 Å². The fourth-order valence-electron chi connectivity index (χ4n) is 1.82. The van der Waals surface area contributed by atoms with Gasteiger partial charge in [-0.15, -0.1) is 12.4 Å². The van der Waals surface area contributed by atoms with Gasteiger partial charge in [-0.25, -0.2) is 9.37 Å². The van der Waals surface area contributed by atoms with Gasteiger partial charge in [0, 0.05) is 18.3 Å². The van der Waals surface area contributed by atoms with Crippen LogP contribution in [0.2, 0.25) is 0 Å². The van der Waals surface area contributed by atoms with Crippen LogP contribution in [-0.4, -0.2) is 4.98 Å². The van der Waals surface area contributed by atoms with Gasteiger partial charge < -0.3 is 10.5 Å². The lowest BCUT2D eigenvalue weighted by Crippen LogP contribution is -2.04. The van der Waals surface area contributed by atoms with Crippen LogP contribution in [0.4, 0.5) is 4.39 Å². The van der Waals surface area contributed by atoms with E-state index < -0.39 is 5.82 Å². The molecule has 0 fully saturated rings. The number of rotatable bonds is 3. The average molecular weight is 283 g/mol. The Balaban J connectivity index is 0.00000180. The Hall–Kier alpha value is -1.65. The summed E-state index contributed by atoms with van der Waals surface area (Å²) < 4.78 is 18.9. The standard InChI is InChI=1S/C14H15FN2O.ClH/c1-9-7-14(17-10(2)11(9)8-16)18-13-6-4-3-5-12(13)15;/h3-7H,8,16H2,1-2H3;1H. The highest BCUT2D eigenvalue weighted by molar-refractivity contribution is 5.85. The molecule has 0 bridgehead atoms. The van der Waals surface area contributed by atoms with E-state index in [2.05, 4.69) is 4.98 Å². The summed E-state index contributed by atoms with van der Waals surface area (Å²) in [5.74, 6) is 0.147. The van der Waals surface area contributed by atoms with Crippen molar-refractivity contribution in [1.29, 1.82) is 0 Å². The van der Waals surface area contributed by atoms with E-state index in [-0.39, 0.29) is 18.2 Å². The van der Waals surface area contributed by atoms with Gasteiger partial charge in [0.2, 0.25) is 5.88 Å². The SMILES string of the molecule is Cc1cc(Oc2ccccc2F)nc(C)c1CN.Cl. The van der Waals surface area contributed by atoms with Crippen LogP contribution < -0.4 is 10.5 Å². The molecule has 19 heavy (non-hydrogen) atoms. The van der Waals surface area contributed by atoms with Crippen molar-refractivity contribution in [2.24, 2.45) is 5.73 Å². The van der Waals surface area contributed by atoms with Crippen LogP contribution in [-0.2, 0) is 6.54 Å². The van der Waals surface area contributed by atoms with Crippen LogP contribution in [0.25, 0.3) is 0 Å². The molecular formula is C14H16ClFN2O. The first-order chi connectivity index (χ1) is 8.61. The molecule has 0 saturated carbocycles. The number of para-hydroxylation sites is 1. The predicted octanol–water partition coefficient (Wildman–Crippen LogP) is 3.51. The van der Waals surface area contributed by atoms with Crippen LogP contribution in [0, 0.1) is 19.7 Å². The molecule has 0 aliphatic carbocycles.